The summed E-state index contributed by atoms with van der Waals surface area (Å²) in [6.45, 7) is 9.77. The maximum Gasteiger partial charge on any atom is 0.410 e. The zero-order valence-corrected chi connectivity index (χ0v) is 26.8. The molecule has 4 rings (SSSR count). The van der Waals surface area contributed by atoms with Gasteiger partial charge in [-0.05, 0) is 56.7 Å². The molecule has 46 heavy (non-hydrogen) atoms. The first kappa shape index (κ1) is 34.1. The Bertz CT molecular complexity index is 1440. The number of rotatable bonds is 14. The molecule has 2 aromatic heterocycles. The highest BCUT2D eigenvalue weighted by atomic mass is 16.6. The van der Waals surface area contributed by atoms with Gasteiger partial charge in [-0.15, -0.1) is 0 Å². The van der Waals surface area contributed by atoms with E-state index in [1.54, 1.807) is 42.6 Å². The van der Waals surface area contributed by atoms with Crippen LogP contribution >= 0.6 is 0 Å². The Hall–Kier alpha value is -4.75. The lowest BCUT2D eigenvalue weighted by Gasteiger charge is -2.37. The number of pyridine rings is 2. The number of nitrogens with zero attached hydrogens (tertiary/aromatic N) is 5. The number of carbonyl (C=O) groups is 3. The lowest BCUT2D eigenvalue weighted by Crippen LogP contribution is -2.50. The first-order valence-electron chi connectivity index (χ1n) is 15.1. The van der Waals surface area contributed by atoms with Crippen molar-refractivity contribution >= 4 is 35.6 Å². The summed E-state index contributed by atoms with van der Waals surface area (Å²) in [5.74, 6) is 0.580. The minimum absolute atomic E-state index is 0.144. The topological polar surface area (TPSA) is 136 Å². The Morgan fingerprint density at radius 2 is 1.72 bits per heavy atom. The van der Waals surface area contributed by atoms with Crippen molar-refractivity contribution in [2.45, 2.75) is 32.9 Å². The molecule has 3 aromatic rings. The fourth-order valence-electron chi connectivity index (χ4n) is 4.63. The average Bonchev–Trinajstić information content (AvgIpc) is 3.05. The molecule has 0 bridgehead atoms. The molecule has 0 unspecified atom stereocenters. The van der Waals surface area contributed by atoms with Gasteiger partial charge in [-0.2, -0.15) is 0 Å². The molecule has 0 spiro atoms. The summed E-state index contributed by atoms with van der Waals surface area (Å²) < 4.78 is 21.5. The first-order valence-corrected chi connectivity index (χ1v) is 15.1. The molecular weight excluding hydrogens is 592 g/mol. The number of amides is 3. The third-order valence-electron chi connectivity index (χ3n) is 6.91. The van der Waals surface area contributed by atoms with Gasteiger partial charge in [0.15, 0.2) is 0 Å². The molecule has 1 aliphatic rings. The third-order valence-corrected chi connectivity index (χ3v) is 6.91. The van der Waals surface area contributed by atoms with E-state index < -0.39 is 11.5 Å². The van der Waals surface area contributed by atoms with Crippen LogP contribution in [0.1, 0.15) is 36.8 Å². The summed E-state index contributed by atoms with van der Waals surface area (Å²) in [7, 11) is 1.62. The summed E-state index contributed by atoms with van der Waals surface area (Å²) >= 11 is 0. The molecule has 3 heterocycles. The van der Waals surface area contributed by atoms with Crippen LogP contribution in [0.4, 0.5) is 22.0 Å². The van der Waals surface area contributed by atoms with E-state index >= 15 is 0 Å². The van der Waals surface area contributed by atoms with E-state index in [0.29, 0.717) is 76.3 Å². The van der Waals surface area contributed by atoms with Crippen LogP contribution in [-0.4, -0.2) is 98.6 Å². The number of carbonyl (C=O) groups excluding carboxylic acids is 3. The van der Waals surface area contributed by atoms with E-state index in [0.717, 1.165) is 11.3 Å². The summed E-state index contributed by atoms with van der Waals surface area (Å²) in [5.41, 5.74) is 1.74. The highest BCUT2D eigenvalue weighted by Gasteiger charge is 2.27. The molecule has 1 saturated heterocycles. The zero-order chi connectivity index (χ0) is 32.9. The van der Waals surface area contributed by atoms with E-state index in [9.17, 15) is 14.4 Å². The number of piperazine rings is 1. The predicted molar refractivity (Wildman–Crippen MR) is 173 cm³/mol. The third kappa shape index (κ3) is 10.1. The summed E-state index contributed by atoms with van der Waals surface area (Å²) in [6, 6.07) is 14.1. The first-order chi connectivity index (χ1) is 22.2. The second-order valence-corrected chi connectivity index (χ2v) is 11.5. The van der Waals surface area contributed by atoms with Crippen LogP contribution in [0, 0.1) is 0 Å². The minimum Gasteiger partial charge on any atom is -0.491 e. The van der Waals surface area contributed by atoms with Crippen LogP contribution in [0.2, 0.25) is 0 Å². The van der Waals surface area contributed by atoms with Gasteiger partial charge in [0.05, 0.1) is 43.9 Å². The van der Waals surface area contributed by atoms with Gasteiger partial charge < -0.3 is 34.1 Å². The quantitative estimate of drug-likeness (QED) is 0.205. The number of nitrogens with one attached hydrogen (secondary N) is 1. The Morgan fingerprint density at radius 1 is 0.978 bits per heavy atom. The van der Waals surface area contributed by atoms with Crippen LogP contribution in [0.25, 0.3) is 0 Å². The lowest BCUT2D eigenvalue weighted by molar-refractivity contribution is -0.107. The smallest absolute Gasteiger partial charge is 0.410 e. The summed E-state index contributed by atoms with van der Waals surface area (Å²) in [6.07, 6.45) is 3.58. The Kier molecular flexibility index (Phi) is 12.3. The number of methoxy groups -OCH3 is 1. The fraction of sp³-hybridized carbons (Fsp3) is 0.424. The molecule has 0 saturated carbocycles. The highest BCUT2D eigenvalue weighted by Crippen LogP contribution is 2.27. The van der Waals surface area contributed by atoms with Crippen LogP contribution in [0.3, 0.4) is 0 Å². The van der Waals surface area contributed by atoms with Crippen molar-refractivity contribution < 1.29 is 33.3 Å². The zero-order valence-electron chi connectivity index (χ0n) is 26.8. The number of anilines is 3. The maximum absolute atomic E-state index is 13.3. The molecule has 1 N–H and O–H groups in total. The Balaban J connectivity index is 1.35. The van der Waals surface area contributed by atoms with Gasteiger partial charge in [-0.3, -0.25) is 19.5 Å². The van der Waals surface area contributed by atoms with Crippen LogP contribution in [0.15, 0.2) is 60.9 Å². The van der Waals surface area contributed by atoms with E-state index in [4.69, 9.17) is 18.9 Å². The summed E-state index contributed by atoms with van der Waals surface area (Å²) in [4.78, 5) is 51.7. The van der Waals surface area contributed by atoms with Gasteiger partial charge in [-0.1, -0.05) is 18.2 Å². The minimum atomic E-state index is -0.563. The number of hydrogen-bond acceptors (Lipinski definition) is 10. The molecule has 13 nitrogen and oxygen atoms in total. The molecule has 1 fully saturated rings. The number of ether oxygens (including phenoxy) is 4. The van der Waals surface area contributed by atoms with Crippen LogP contribution in [0.5, 0.6) is 5.75 Å². The average molecular weight is 635 g/mol. The second-order valence-electron chi connectivity index (χ2n) is 11.5. The van der Waals surface area contributed by atoms with Crippen molar-refractivity contribution in [1.82, 2.24) is 14.9 Å². The molecule has 3 amide bonds. The van der Waals surface area contributed by atoms with Crippen molar-refractivity contribution in [3.8, 4) is 5.75 Å². The highest BCUT2D eigenvalue weighted by molar-refractivity contribution is 6.04. The fourth-order valence-corrected chi connectivity index (χ4v) is 4.63. The molecule has 246 valence electrons. The molecule has 0 aliphatic carbocycles. The maximum atomic E-state index is 13.3. The number of hydrogen-bond donors (Lipinski definition) is 1. The van der Waals surface area contributed by atoms with Gasteiger partial charge in [-0.25, -0.2) is 9.78 Å². The van der Waals surface area contributed by atoms with E-state index in [-0.39, 0.29) is 18.3 Å². The molecule has 0 atom stereocenters. The normalized spacial score (nSPS) is 13.2. The largest absolute Gasteiger partial charge is 0.491 e. The van der Waals surface area contributed by atoms with Crippen molar-refractivity contribution in [2.75, 3.05) is 74.8 Å². The monoisotopic (exact) mass is 634 g/mol. The lowest BCUT2D eigenvalue weighted by atomic mass is 10.2. The van der Waals surface area contributed by atoms with Crippen LogP contribution < -0.4 is 19.9 Å². The van der Waals surface area contributed by atoms with Gasteiger partial charge in [0.2, 0.25) is 6.41 Å². The van der Waals surface area contributed by atoms with Crippen LogP contribution in [-0.2, 0) is 25.5 Å². The van der Waals surface area contributed by atoms with Crippen molar-refractivity contribution in [1.29, 1.82) is 0 Å². The van der Waals surface area contributed by atoms with Crippen molar-refractivity contribution in [2.24, 2.45) is 0 Å². The van der Waals surface area contributed by atoms with Gasteiger partial charge in [0, 0.05) is 39.5 Å². The van der Waals surface area contributed by atoms with Crippen molar-refractivity contribution in [3.05, 3.63) is 72.2 Å². The molecule has 1 aliphatic heterocycles. The second kappa shape index (κ2) is 16.5. The van der Waals surface area contributed by atoms with E-state index in [1.807, 2.05) is 51.1 Å². The number of benzene rings is 1. The van der Waals surface area contributed by atoms with E-state index in [2.05, 4.69) is 20.2 Å². The molecular formula is C33H42N6O7. The van der Waals surface area contributed by atoms with E-state index in [1.165, 1.54) is 4.90 Å². The SMILES string of the molecule is COCCOCCOc1ccc(CN(C=O)c2cccc(C(=O)Nc3cnccc3N3CCN(C(=O)OC(C)(C)C)CC3)n2)cc1. The Morgan fingerprint density at radius 3 is 2.41 bits per heavy atom. The molecule has 0 radical (unpaired) electrons. The summed E-state index contributed by atoms with van der Waals surface area (Å²) in [5, 5.41) is 2.91. The van der Waals surface area contributed by atoms with Gasteiger partial charge >= 0.3 is 6.09 Å². The van der Waals surface area contributed by atoms with Crippen molar-refractivity contribution in [3.63, 3.8) is 0 Å². The van der Waals surface area contributed by atoms with Gasteiger partial charge in [0.1, 0.15) is 29.5 Å². The Labute approximate surface area is 269 Å². The number of aromatic nitrogens is 2. The molecule has 13 heteroatoms. The van der Waals surface area contributed by atoms with Gasteiger partial charge in [0.25, 0.3) is 5.91 Å². The predicted octanol–water partition coefficient (Wildman–Crippen LogP) is 3.99. The molecule has 1 aromatic carbocycles. The standard InChI is InChI=1S/C33H42N6O7/c1-33(2,3)46-32(42)38-16-14-37(15-17-38)29-12-13-34-22-28(29)36-31(41)27-6-5-7-30(35-27)39(24-40)23-25-8-10-26(11-9-25)45-21-20-44-19-18-43-4/h5-13,22,24H,14-21,23H2,1-4H3,(H,36,41).